The molecule has 0 unspecified atom stereocenters. The summed E-state index contributed by atoms with van der Waals surface area (Å²) in [6, 6.07) is 0. The van der Waals surface area contributed by atoms with Crippen LogP contribution >= 0.6 is 11.8 Å². The van der Waals surface area contributed by atoms with Crippen molar-refractivity contribution in [1.29, 1.82) is 0 Å². The van der Waals surface area contributed by atoms with Gasteiger partial charge in [0.25, 0.3) is 0 Å². The zero-order chi connectivity index (χ0) is 12.8. The summed E-state index contributed by atoms with van der Waals surface area (Å²) in [5.74, 6) is 1.83. The van der Waals surface area contributed by atoms with Gasteiger partial charge in [-0.05, 0) is 19.3 Å². The predicted octanol–water partition coefficient (Wildman–Crippen LogP) is 1.18. The van der Waals surface area contributed by atoms with Crippen molar-refractivity contribution in [2.75, 3.05) is 43.2 Å². The third-order valence-corrected chi connectivity index (χ3v) is 3.59. The molecule has 7 heteroatoms. The molecule has 1 aliphatic rings. The van der Waals surface area contributed by atoms with Crippen LogP contribution in [0.3, 0.4) is 0 Å². The predicted molar refractivity (Wildman–Crippen MR) is 72.9 cm³/mol. The van der Waals surface area contributed by atoms with E-state index in [4.69, 9.17) is 10.5 Å². The number of hydrogen-bond acceptors (Lipinski definition) is 7. The summed E-state index contributed by atoms with van der Waals surface area (Å²) in [5, 5.41) is 0.681. The van der Waals surface area contributed by atoms with Crippen LogP contribution in [0.2, 0.25) is 0 Å². The molecule has 1 aromatic heterocycles. The number of methoxy groups -OCH3 is 1. The minimum absolute atomic E-state index is 0.297. The molecule has 1 saturated heterocycles. The molecule has 0 bridgehead atoms. The maximum absolute atomic E-state index is 5.74. The molecule has 0 aromatic carbocycles. The molecular formula is C11H19N5OS. The van der Waals surface area contributed by atoms with Gasteiger partial charge in [-0.15, -0.1) is 0 Å². The van der Waals surface area contributed by atoms with E-state index in [1.54, 1.807) is 18.9 Å². The molecule has 100 valence electrons. The Balaban J connectivity index is 2.05. The Morgan fingerprint density at radius 2 is 2.00 bits per heavy atom. The van der Waals surface area contributed by atoms with Crippen LogP contribution in [0.1, 0.15) is 19.3 Å². The van der Waals surface area contributed by atoms with Crippen molar-refractivity contribution in [3.63, 3.8) is 0 Å². The Morgan fingerprint density at radius 1 is 1.22 bits per heavy atom. The molecule has 18 heavy (non-hydrogen) atoms. The molecule has 0 radical (unpaired) electrons. The van der Waals surface area contributed by atoms with Crippen molar-refractivity contribution in [3.8, 4) is 0 Å². The molecule has 1 aromatic rings. The van der Waals surface area contributed by atoms with Crippen LogP contribution in [0, 0.1) is 0 Å². The van der Waals surface area contributed by atoms with Crippen molar-refractivity contribution >= 4 is 23.7 Å². The highest BCUT2D eigenvalue weighted by Gasteiger charge is 2.15. The van der Waals surface area contributed by atoms with Crippen LogP contribution in [0.25, 0.3) is 0 Å². The van der Waals surface area contributed by atoms with Crippen LogP contribution < -0.4 is 10.6 Å². The van der Waals surface area contributed by atoms with Crippen LogP contribution in [-0.4, -0.2) is 47.5 Å². The second-order valence-corrected chi connectivity index (χ2v) is 5.23. The topological polar surface area (TPSA) is 77.2 Å². The number of nitrogens with zero attached hydrogens (tertiary/aromatic N) is 4. The minimum atomic E-state index is 0.297. The number of thioether (sulfide) groups is 1. The quantitative estimate of drug-likeness (QED) is 0.635. The maximum atomic E-state index is 5.74. The van der Waals surface area contributed by atoms with Gasteiger partial charge in [-0.1, -0.05) is 11.8 Å². The Morgan fingerprint density at radius 3 is 2.72 bits per heavy atom. The average Bonchev–Trinajstić information content (AvgIpc) is 2.39. The summed E-state index contributed by atoms with van der Waals surface area (Å²) in [5.41, 5.74) is 5.74. The molecule has 1 fully saturated rings. The van der Waals surface area contributed by atoms with Crippen LogP contribution in [-0.2, 0) is 4.74 Å². The van der Waals surface area contributed by atoms with E-state index in [9.17, 15) is 0 Å². The highest BCUT2D eigenvalue weighted by Crippen LogP contribution is 2.20. The molecule has 2 N–H and O–H groups in total. The fraction of sp³-hybridized carbons (Fsp3) is 0.727. The zero-order valence-corrected chi connectivity index (χ0v) is 11.4. The number of nitrogens with two attached hydrogens (primary N) is 1. The highest BCUT2D eigenvalue weighted by atomic mass is 32.2. The standard InChI is InChI=1S/C11H19N5OS/c1-17-7-8-18-11-14-9(12)13-10(15-11)16-5-3-2-4-6-16/h2-8H2,1H3,(H2,12,13,14,15). The second kappa shape index (κ2) is 6.75. The Bertz CT molecular complexity index is 384. The zero-order valence-electron chi connectivity index (χ0n) is 10.6. The molecule has 2 heterocycles. The fourth-order valence-electron chi connectivity index (χ4n) is 1.88. The third kappa shape index (κ3) is 3.71. The number of nitrogen functional groups attached to an aromatic ring is 1. The van der Waals surface area contributed by atoms with Crippen LogP contribution in [0.15, 0.2) is 5.16 Å². The monoisotopic (exact) mass is 269 g/mol. The Labute approximate surface area is 111 Å². The number of ether oxygens (including phenoxy) is 1. The highest BCUT2D eigenvalue weighted by molar-refractivity contribution is 7.99. The molecule has 0 saturated carbocycles. The largest absolute Gasteiger partial charge is 0.384 e. The van der Waals surface area contributed by atoms with Gasteiger partial charge in [0.05, 0.1) is 6.61 Å². The third-order valence-electron chi connectivity index (χ3n) is 2.78. The van der Waals surface area contributed by atoms with E-state index >= 15 is 0 Å². The van der Waals surface area contributed by atoms with Crippen molar-refractivity contribution in [3.05, 3.63) is 0 Å². The smallest absolute Gasteiger partial charge is 0.231 e. The molecule has 6 nitrogen and oxygen atoms in total. The van der Waals surface area contributed by atoms with Crippen LogP contribution in [0.5, 0.6) is 0 Å². The van der Waals surface area contributed by atoms with Crippen LogP contribution in [0.4, 0.5) is 11.9 Å². The van der Waals surface area contributed by atoms with Gasteiger partial charge in [0.1, 0.15) is 0 Å². The number of anilines is 2. The van der Waals surface area contributed by atoms with E-state index in [2.05, 4.69) is 19.9 Å². The number of hydrogen-bond donors (Lipinski definition) is 1. The first-order chi connectivity index (χ1) is 8.79. The van der Waals surface area contributed by atoms with Gasteiger partial charge in [-0.25, -0.2) is 0 Å². The van der Waals surface area contributed by atoms with Gasteiger partial charge in [0.2, 0.25) is 11.9 Å². The van der Waals surface area contributed by atoms with E-state index in [1.807, 2.05) is 0 Å². The van der Waals surface area contributed by atoms with Crippen molar-refractivity contribution in [2.45, 2.75) is 24.4 Å². The maximum Gasteiger partial charge on any atom is 0.231 e. The fourth-order valence-corrected chi connectivity index (χ4v) is 2.61. The van der Waals surface area contributed by atoms with E-state index < -0.39 is 0 Å². The van der Waals surface area contributed by atoms with E-state index in [-0.39, 0.29) is 0 Å². The normalized spacial score (nSPS) is 15.9. The van der Waals surface area contributed by atoms with E-state index in [1.165, 1.54) is 19.3 Å². The van der Waals surface area contributed by atoms with Crippen molar-refractivity contribution in [2.24, 2.45) is 0 Å². The second-order valence-electron chi connectivity index (χ2n) is 4.17. The summed E-state index contributed by atoms with van der Waals surface area (Å²) in [6.07, 6.45) is 3.67. The lowest BCUT2D eigenvalue weighted by molar-refractivity contribution is 0.218. The summed E-state index contributed by atoms with van der Waals surface area (Å²) in [4.78, 5) is 15.0. The number of aromatic nitrogens is 3. The van der Waals surface area contributed by atoms with Gasteiger partial charge in [-0.3, -0.25) is 0 Å². The molecule has 0 amide bonds. The lowest BCUT2D eigenvalue weighted by atomic mass is 10.1. The molecule has 0 aliphatic carbocycles. The first-order valence-corrected chi connectivity index (χ1v) is 7.16. The molecule has 0 atom stereocenters. The van der Waals surface area contributed by atoms with Gasteiger partial charge in [0, 0.05) is 26.0 Å². The molecule has 0 spiro atoms. The summed E-state index contributed by atoms with van der Waals surface area (Å²) >= 11 is 1.54. The SMILES string of the molecule is COCCSc1nc(N)nc(N2CCCCC2)n1. The minimum Gasteiger partial charge on any atom is -0.384 e. The molecular weight excluding hydrogens is 250 g/mol. The first-order valence-electron chi connectivity index (χ1n) is 6.18. The van der Waals surface area contributed by atoms with E-state index in [0.717, 1.165) is 18.8 Å². The number of rotatable bonds is 5. The lowest BCUT2D eigenvalue weighted by Crippen LogP contribution is -2.31. The first kappa shape index (κ1) is 13.4. The van der Waals surface area contributed by atoms with Gasteiger partial charge >= 0.3 is 0 Å². The summed E-state index contributed by atoms with van der Waals surface area (Å²) in [6.45, 7) is 2.69. The van der Waals surface area contributed by atoms with Crippen molar-refractivity contribution < 1.29 is 4.74 Å². The molecule has 2 rings (SSSR count). The van der Waals surface area contributed by atoms with Gasteiger partial charge < -0.3 is 15.4 Å². The van der Waals surface area contributed by atoms with E-state index in [0.29, 0.717) is 23.7 Å². The van der Waals surface area contributed by atoms with Gasteiger partial charge in [0.15, 0.2) is 5.16 Å². The summed E-state index contributed by atoms with van der Waals surface area (Å²) < 4.78 is 5.01. The average molecular weight is 269 g/mol. The van der Waals surface area contributed by atoms with Crippen molar-refractivity contribution in [1.82, 2.24) is 15.0 Å². The number of piperidine rings is 1. The Kier molecular flexibility index (Phi) is 5.00. The molecule has 1 aliphatic heterocycles. The van der Waals surface area contributed by atoms with Gasteiger partial charge in [-0.2, -0.15) is 15.0 Å². The Hall–Kier alpha value is -1.08. The lowest BCUT2D eigenvalue weighted by Gasteiger charge is -2.26. The summed E-state index contributed by atoms with van der Waals surface area (Å²) in [7, 11) is 1.68.